The molecule has 0 saturated carbocycles. The van der Waals surface area contributed by atoms with E-state index in [1.807, 2.05) is 24.4 Å². The van der Waals surface area contributed by atoms with Crippen LogP contribution in [0.4, 0.5) is 0 Å². The highest BCUT2D eigenvalue weighted by Gasteiger charge is 2.13. The molecular formula is C21H22N2O4S2. The number of nitrogens with zero attached hydrogens (tertiary/aromatic N) is 1. The molecule has 152 valence electrons. The van der Waals surface area contributed by atoms with Gasteiger partial charge in [0.25, 0.3) is 0 Å². The minimum absolute atomic E-state index is 0.191. The topological polar surface area (TPSA) is 69.7 Å². The number of aryl methyl sites for hydroxylation is 1. The average molecular weight is 431 g/mol. The van der Waals surface area contributed by atoms with Crippen molar-refractivity contribution in [3.05, 3.63) is 51.9 Å². The molecule has 29 heavy (non-hydrogen) atoms. The molecule has 2 heterocycles. The summed E-state index contributed by atoms with van der Waals surface area (Å²) in [7, 11) is 4.66. The quantitative estimate of drug-likeness (QED) is 0.532. The molecule has 0 aliphatic carbocycles. The second-order valence-electron chi connectivity index (χ2n) is 6.01. The molecule has 0 radical (unpaired) electrons. The van der Waals surface area contributed by atoms with Crippen molar-refractivity contribution >= 4 is 34.7 Å². The fourth-order valence-electron chi connectivity index (χ4n) is 2.69. The lowest BCUT2D eigenvalue weighted by Gasteiger charge is -2.12. The Morgan fingerprint density at radius 2 is 1.90 bits per heavy atom. The Balaban J connectivity index is 1.66. The second-order valence-corrected chi connectivity index (χ2v) is 8.05. The van der Waals surface area contributed by atoms with Crippen LogP contribution in [0, 0.1) is 6.92 Å². The third-order valence-electron chi connectivity index (χ3n) is 4.16. The van der Waals surface area contributed by atoms with Gasteiger partial charge in [-0.25, -0.2) is 4.98 Å². The van der Waals surface area contributed by atoms with Crippen LogP contribution in [0.2, 0.25) is 0 Å². The lowest BCUT2D eigenvalue weighted by molar-refractivity contribution is -0.116. The highest BCUT2D eigenvalue weighted by atomic mass is 32.1. The van der Waals surface area contributed by atoms with E-state index in [0.717, 1.165) is 26.0 Å². The van der Waals surface area contributed by atoms with E-state index in [9.17, 15) is 4.79 Å². The van der Waals surface area contributed by atoms with Gasteiger partial charge in [-0.3, -0.25) is 4.79 Å². The van der Waals surface area contributed by atoms with E-state index in [2.05, 4.69) is 10.3 Å². The smallest absolute Gasteiger partial charge is 0.244 e. The van der Waals surface area contributed by atoms with Crippen LogP contribution in [0.1, 0.15) is 16.1 Å². The highest BCUT2D eigenvalue weighted by molar-refractivity contribution is 7.21. The van der Waals surface area contributed by atoms with Crippen molar-refractivity contribution in [1.82, 2.24) is 10.3 Å². The van der Waals surface area contributed by atoms with Crippen LogP contribution < -0.4 is 19.5 Å². The summed E-state index contributed by atoms with van der Waals surface area (Å²) in [6.45, 7) is 2.40. The summed E-state index contributed by atoms with van der Waals surface area (Å²) in [4.78, 5) is 19.1. The number of thiazole rings is 1. The maximum absolute atomic E-state index is 12.3. The molecule has 1 N–H and O–H groups in total. The number of benzene rings is 1. The first-order valence-corrected chi connectivity index (χ1v) is 10.5. The third-order valence-corrected chi connectivity index (χ3v) is 6.36. The largest absolute Gasteiger partial charge is 0.493 e. The van der Waals surface area contributed by atoms with Crippen molar-refractivity contribution in [3.63, 3.8) is 0 Å². The van der Waals surface area contributed by atoms with Crippen LogP contribution in [-0.4, -0.2) is 32.2 Å². The number of amides is 1. The minimum atomic E-state index is -0.191. The number of rotatable bonds is 8. The summed E-state index contributed by atoms with van der Waals surface area (Å²) in [6, 6.07) is 7.62. The molecule has 3 aromatic rings. The van der Waals surface area contributed by atoms with Gasteiger partial charge in [0.05, 0.1) is 38.4 Å². The molecule has 1 aromatic carbocycles. The van der Waals surface area contributed by atoms with E-state index >= 15 is 0 Å². The molecule has 2 aromatic heterocycles. The van der Waals surface area contributed by atoms with Crippen LogP contribution in [0.15, 0.2) is 35.7 Å². The highest BCUT2D eigenvalue weighted by Crippen LogP contribution is 2.38. The fraction of sp³-hybridized carbons (Fsp3) is 0.238. The van der Waals surface area contributed by atoms with E-state index in [-0.39, 0.29) is 5.91 Å². The monoisotopic (exact) mass is 430 g/mol. The number of hydrogen-bond acceptors (Lipinski definition) is 7. The van der Waals surface area contributed by atoms with Gasteiger partial charge in [0, 0.05) is 11.0 Å². The molecule has 0 atom stereocenters. The zero-order chi connectivity index (χ0) is 20.8. The maximum Gasteiger partial charge on any atom is 0.244 e. The van der Waals surface area contributed by atoms with Gasteiger partial charge in [-0.15, -0.1) is 22.7 Å². The zero-order valence-corrected chi connectivity index (χ0v) is 18.3. The summed E-state index contributed by atoms with van der Waals surface area (Å²) in [6.07, 6.45) is 3.19. The average Bonchev–Trinajstić information content (AvgIpc) is 3.39. The van der Waals surface area contributed by atoms with Gasteiger partial charge >= 0.3 is 0 Å². The fourth-order valence-corrected chi connectivity index (χ4v) is 4.49. The molecule has 0 bridgehead atoms. The van der Waals surface area contributed by atoms with Crippen LogP contribution in [-0.2, 0) is 11.3 Å². The summed E-state index contributed by atoms with van der Waals surface area (Å²) >= 11 is 3.26. The van der Waals surface area contributed by atoms with E-state index in [0.29, 0.717) is 23.8 Å². The summed E-state index contributed by atoms with van der Waals surface area (Å²) in [5.74, 6) is 1.39. The maximum atomic E-state index is 12.3. The van der Waals surface area contributed by atoms with Crippen molar-refractivity contribution in [2.45, 2.75) is 13.5 Å². The van der Waals surface area contributed by atoms with Crippen molar-refractivity contribution < 1.29 is 19.0 Å². The Hall–Kier alpha value is -2.84. The van der Waals surface area contributed by atoms with Gasteiger partial charge in [-0.05, 0) is 42.1 Å². The Labute approximate surface area is 177 Å². The third kappa shape index (κ3) is 4.96. The van der Waals surface area contributed by atoms with Gasteiger partial charge in [0.2, 0.25) is 11.7 Å². The predicted molar refractivity (Wildman–Crippen MR) is 117 cm³/mol. The number of aromatic nitrogens is 1. The minimum Gasteiger partial charge on any atom is -0.493 e. The standard InChI is InChI=1S/C21H22N2O4S2/c1-13-18(29-21(23-13)17-6-5-9-28-17)12-22-19(24)8-7-14-10-15(25-2)20(27-4)16(11-14)26-3/h5-11H,12H2,1-4H3,(H,22,24). The Bertz CT molecular complexity index is 985. The Morgan fingerprint density at radius 3 is 2.48 bits per heavy atom. The molecule has 0 aliphatic rings. The number of ether oxygens (including phenoxy) is 3. The van der Waals surface area contributed by atoms with Crippen molar-refractivity contribution in [1.29, 1.82) is 0 Å². The Morgan fingerprint density at radius 1 is 1.17 bits per heavy atom. The number of hydrogen-bond donors (Lipinski definition) is 1. The van der Waals surface area contributed by atoms with E-state index < -0.39 is 0 Å². The van der Waals surface area contributed by atoms with Crippen LogP contribution in [0.5, 0.6) is 17.2 Å². The number of thiophene rings is 1. The summed E-state index contributed by atoms with van der Waals surface area (Å²) in [5, 5.41) is 5.92. The first kappa shape index (κ1) is 20.9. The lowest BCUT2D eigenvalue weighted by atomic mass is 10.1. The first-order chi connectivity index (χ1) is 14.0. The number of nitrogens with one attached hydrogen (secondary N) is 1. The predicted octanol–water partition coefficient (Wildman–Crippen LogP) is 4.54. The summed E-state index contributed by atoms with van der Waals surface area (Å²) in [5.41, 5.74) is 1.70. The molecule has 6 nitrogen and oxygen atoms in total. The number of carbonyl (C=O) groups excluding carboxylic acids is 1. The van der Waals surface area contributed by atoms with Crippen LogP contribution in [0.3, 0.4) is 0 Å². The first-order valence-electron chi connectivity index (χ1n) is 8.81. The number of carbonyl (C=O) groups is 1. The van der Waals surface area contributed by atoms with Crippen molar-refractivity contribution in [2.24, 2.45) is 0 Å². The SMILES string of the molecule is COc1cc(C=CC(=O)NCc2sc(-c3cccs3)nc2C)cc(OC)c1OC. The van der Waals surface area contributed by atoms with Gasteiger partial charge in [0.1, 0.15) is 5.01 Å². The molecule has 3 rings (SSSR count). The number of methoxy groups -OCH3 is 3. The van der Waals surface area contributed by atoms with E-state index in [1.165, 1.54) is 6.08 Å². The molecule has 0 saturated heterocycles. The molecule has 0 unspecified atom stereocenters. The van der Waals surface area contributed by atoms with Gasteiger partial charge in [-0.2, -0.15) is 0 Å². The zero-order valence-electron chi connectivity index (χ0n) is 16.6. The van der Waals surface area contributed by atoms with Gasteiger partial charge in [-0.1, -0.05) is 6.07 Å². The van der Waals surface area contributed by atoms with Crippen LogP contribution >= 0.6 is 22.7 Å². The summed E-state index contributed by atoms with van der Waals surface area (Å²) < 4.78 is 16.0. The van der Waals surface area contributed by atoms with Crippen molar-refractivity contribution in [3.8, 4) is 27.1 Å². The lowest BCUT2D eigenvalue weighted by Crippen LogP contribution is -2.20. The Kier molecular flexibility index (Phi) is 6.90. The molecule has 1 amide bonds. The molecular weight excluding hydrogens is 408 g/mol. The molecule has 0 aliphatic heterocycles. The molecule has 8 heteroatoms. The molecule has 0 fully saturated rings. The van der Waals surface area contributed by atoms with E-state index in [4.69, 9.17) is 14.2 Å². The molecule has 0 spiro atoms. The second kappa shape index (κ2) is 9.58. The van der Waals surface area contributed by atoms with Gasteiger partial charge < -0.3 is 19.5 Å². The van der Waals surface area contributed by atoms with Crippen LogP contribution in [0.25, 0.3) is 16.0 Å². The van der Waals surface area contributed by atoms with Crippen molar-refractivity contribution in [2.75, 3.05) is 21.3 Å². The van der Waals surface area contributed by atoms with E-state index in [1.54, 1.807) is 62.2 Å². The van der Waals surface area contributed by atoms with Gasteiger partial charge in [0.15, 0.2) is 11.5 Å². The normalized spacial score (nSPS) is 10.9.